The van der Waals surface area contributed by atoms with Crippen molar-refractivity contribution in [3.05, 3.63) is 34.7 Å². The number of nitrogens with zero attached hydrogens (tertiary/aromatic N) is 2. The fraction of sp³-hybridized carbons (Fsp3) is 0.385. The summed E-state index contributed by atoms with van der Waals surface area (Å²) in [4.78, 5) is 0. The van der Waals surface area contributed by atoms with Crippen molar-refractivity contribution in [1.82, 2.24) is 15.5 Å². The van der Waals surface area contributed by atoms with E-state index in [1.54, 1.807) is 0 Å². The predicted octanol–water partition coefficient (Wildman–Crippen LogP) is 3.37. The van der Waals surface area contributed by atoms with Crippen molar-refractivity contribution in [2.45, 2.75) is 26.8 Å². The maximum atomic E-state index is 5.92. The second kappa shape index (κ2) is 5.50. The van der Waals surface area contributed by atoms with E-state index in [4.69, 9.17) is 16.0 Å². The van der Waals surface area contributed by atoms with Crippen LogP contribution in [0, 0.1) is 6.92 Å². The molecule has 1 atom stereocenters. The first-order chi connectivity index (χ1) is 8.61. The van der Waals surface area contributed by atoms with Crippen molar-refractivity contribution in [2.75, 3.05) is 6.54 Å². The van der Waals surface area contributed by atoms with Crippen LogP contribution in [0.5, 0.6) is 0 Å². The van der Waals surface area contributed by atoms with Crippen LogP contribution in [0.3, 0.4) is 0 Å². The van der Waals surface area contributed by atoms with Gasteiger partial charge in [-0.3, -0.25) is 0 Å². The molecule has 0 saturated heterocycles. The van der Waals surface area contributed by atoms with Gasteiger partial charge in [0.2, 0.25) is 11.8 Å². The summed E-state index contributed by atoms with van der Waals surface area (Å²) >= 11 is 5.92. The number of hydrogen-bond donors (Lipinski definition) is 1. The summed E-state index contributed by atoms with van der Waals surface area (Å²) < 4.78 is 5.68. The zero-order chi connectivity index (χ0) is 13.1. The minimum Gasteiger partial charge on any atom is -0.419 e. The molecule has 0 aliphatic rings. The molecule has 0 saturated carbocycles. The third kappa shape index (κ3) is 2.71. The van der Waals surface area contributed by atoms with Crippen molar-refractivity contribution in [3.8, 4) is 11.5 Å². The Morgan fingerprint density at radius 2 is 2.17 bits per heavy atom. The quantitative estimate of drug-likeness (QED) is 0.921. The van der Waals surface area contributed by atoms with Gasteiger partial charge in [0.05, 0.1) is 6.04 Å². The van der Waals surface area contributed by atoms with Gasteiger partial charge in [0.1, 0.15) is 0 Å². The van der Waals surface area contributed by atoms with E-state index < -0.39 is 0 Å². The third-order valence-electron chi connectivity index (χ3n) is 2.74. The predicted molar refractivity (Wildman–Crippen MR) is 71.6 cm³/mol. The standard InChI is InChI=1S/C13H16ClN3O/c1-4-15-9(3)12-16-17-13(18-12)11-6-5-10(14)7-8(11)2/h5-7,9,15H,4H2,1-3H3. The summed E-state index contributed by atoms with van der Waals surface area (Å²) in [5.41, 5.74) is 1.94. The molecular formula is C13H16ClN3O. The SMILES string of the molecule is CCNC(C)c1nnc(-c2ccc(Cl)cc2C)o1. The van der Waals surface area contributed by atoms with Crippen LogP contribution in [0.15, 0.2) is 22.6 Å². The molecule has 2 aromatic rings. The monoisotopic (exact) mass is 265 g/mol. The molecule has 0 amide bonds. The van der Waals surface area contributed by atoms with Crippen LogP contribution in [0.4, 0.5) is 0 Å². The van der Waals surface area contributed by atoms with Gasteiger partial charge in [-0.05, 0) is 44.2 Å². The van der Waals surface area contributed by atoms with Crippen molar-refractivity contribution < 1.29 is 4.42 Å². The zero-order valence-electron chi connectivity index (χ0n) is 10.7. The summed E-state index contributed by atoms with van der Waals surface area (Å²) in [6.45, 7) is 6.87. The lowest BCUT2D eigenvalue weighted by Gasteiger charge is -2.06. The van der Waals surface area contributed by atoms with Gasteiger partial charge >= 0.3 is 0 Å². The lowest BCUT2D eigenvalue weighted by molar-refractivity contribution is 0.429. The minimum absolute atomic E-state index is 0.0591. The van der Waals surface area contributed by atoms with Crippen LogP contribution >= 0.6 is 11.6 Å². The second-order valence-corrected chi connectivity index (χ2v) is 4.62. The normalized spacial score (nSPS) is 12.7. The van der Waals surface area contributed by atoms with E-state index in [9.17, 15) is 0 Å². The van der Waals surface area contributed by atoms with E-state index in [2.05, 4.69) is 15.5 Å². The maximum absolute atomic E-state index is 5.92. The molecule has 0 fully saturated rings. The average molecular weight is 266 g/mol. The number of hydrogen-bond acceptors (Lipinski definition) is 4. The molecule has 0 spiro atoms. The topological polar surface area (TPSA) is 51.0 Å². The van der Waals surface area contributed by atoms with E-state index in [-0.39, 0.29) is 6.04 Å². The van der Waals surface area contributed by atoms with Crippen LogP contribution in [0.1, 0.15) is 31.3 Å². The molecule has 1 heterocycles. The average Bonchev–Trinajstić information content (AvgIpc) is 2.78. The minimum atomic E-state index is 0.0591. The number of nitrogens with one attached hydrogen (secondary N) is 1. The molecule has 96 valence electrons. The van der Waals surface area contributed by atoms with E-state index in [1.807, 2.05) is 39.0 Å². The highest BCUT2D eigenvalue weighted by atomic mass is 35.5. The van der Waals surface area contributed by atoms with E-state index in [0.29, 0.717) is 16.8 Å². The number of rotatable bonds is 4. The highest BCUT2D eigenvalue weighted by molar-refractivity contribution is 6.30. The maximum Gasteiger partial charge on any atom is 0.248 e. The summed E-state index contributed by atoms with van der Waals surface area (Å²) in [7, 11) is 0. The smallest absolute Gasteiger partial charge is 0.248 e. The van der Waals surface area contributed by atoms with Gasteiger partial charge < -0.3 is 9.73 Å². The molecule has 0 aliphatic carbocycles. The largest absolute Gasteiger partial charge is 0.419 e. The molecule has 4 nitrogen and oxygen atoms in total. The van der Waals surface area contributed by atoms with Crippen molar-refractivity contribution in [3.63, 3.8) is 0 Å². The van der Waals surface area contributed by atoms with Crippen LogP contribution in [0.25, 0.3) is 11.5 Å². The Kier molecular flexibility index (Phi) is 3.99. The molecule has 18 heavy (non-hydrogen) atoms. The highest BCUT2D eigenvalue weighted by Crippen LogP contribution is 2.26. The van der Waals surface area contributed by atoms with Gasteiger partial charge in [-0.1, -0.05) is 18.5 Å². The zero-order valence-corrected chi connectivity index (χ0v) is 11.5. The molecule has 0 radical (unpaired) electrons. The summed E-state index contributed by atoms with van der Waals surface area (Å²) in [5.74, 6) is 1.13. The first kappa shape index (κ1) is 13.1. The molecule has 1 aromatic carbocycles. The van der Waals surface area contributed by atoms with Gasteiger partial charge in [0.25, 0.3) is 0 Å². The second-order valence-electron chi connectivity index (χ2n) is 4.18. The molecule has 1 unspecified atom stereocenters. The third-order valence-corrected chi connectivity index (χ3v) is 2.98. The number of benzene rings is 1. The highest BCUT2D eigenvalue weighted by Gasteiger charge is 2.15. The Balaban J connectivity index is 2.29. The van der Waals surface area contributed by atoms with Crippen molar-refractivity contribution in [1.29, 1.82) is 0 Å². The van der Waals surface area contributed by atoms with Gasteiger partial charge in [0.15, 0.2) is 0 Å². The van der Waals surface area contributed by atoms with E-state index in [1.165, 1.54) is 0 Å². The number of aryl methyl sites for hydroxylation is 1. The summed E-state index contributed by atoms with van der Waals surface area (Å²) in [5, 5.41) is 12.1. The van der Waals surface area contributed by atoms with Crippen LogP contribution in [-0.2, 0) is 0 Å². The number of aromatic nitrogens is 2. The van der Waals surface area contributed by atoms with Crippen LogP contribution in [-0.4, -0.2) is 16.7 Å². The van der Waals surface area contributed by atoms with E-state index >= 15 is 0 Å². The molecule has 5 heteroatoms. The Bertz CT molecular complexity index is 539. The fourth-order valence-corrected chi connectivity index (χ4v) is 2.01. The lowest BCUT2D eigenvalue weighted by atomic mass is 10.1. The summed E-state index contributed by atoms with van der Waals surface area (Å²) in [6.07, 6.45) is 0. The Labute approximate surface area is 111 Å². The molecule has 0 aliphatic heterocycles. The lowest BCUT2D eigenvalue weighted by Crippen LogP contribution is -2.17. The number of halogens is 1. The van der Waals surface area contributed by atoms with Crippen molar-refractivity contribution >= 4 is 11.6 Å². The summed E-state index contributed by atoms with van der Waals surface area (Å²) in [6, 6.07) is 5.66. The van der Waals surface area contributed by atoms with Gasteiger partial charge in [-0.25, -0.2) is 0 Å². The Hall–Kier alpha value is -1.39. The van der Waals surface area contributed by atoms with Crippen LogP contribution < -0.4 is 5.32 Å². The van der Waals surface area contributed by atoms with Gasteiger partial charge in [-0.2, -0.15) is 0 Å². The molecule has 0 bridgehead atoms. The van der Waals surface area contributed by atoms with Crippen LogP contribution in [0.2, 0.25) is 5.02 Å². The first-order valence-electron chi connectivity index (χ1n) is 5.95. The van der Waals surface area contributed by atoms with Crippen molar-refractivity contribution in [2.24, 2.45) is 0 Å². The fourth-order valence-electron chi connectivity index (χ4n) is 1.78. The van der Waals surface area contributed by atoms with E-state index in [0.717, 1.165) is 17.7 Å². The molecular weight excluding hydrogens is 250 g/mol. The Morgan fingerprint density at radius 1 is 1.39 bits per heavy atom. The molecule has 1 aromatic heterocycles. The first-order valence-corrected chi connectivity index (χ1v) is 6.33. The van der Waals surface area contributed by atoms with Gasteiger partial charge in [0, 0.05) is 10.6 Å². The Morgan fingerprint density at radius 3 is 2.83 bits per heavy atom. The molecule has 2 rings (SSSR count). The molecule has 1 N–H and O–H groups in total. The van der Waals surface area contributed by atoms with Gasteiger partial charge in [-0.15, -0.1) is 10.2 Å².